The molecule has 29 heavy (non-hydrogen) atoms. The molecule has 0 bridgehead atoms. The van der Waals surface area contributed by atoms with E-state index in [0.717, 1.165) is 37.7 Å². The number of allylic oxidation sites excluding steroid dienone is 2. The molecule has 158 valence electrons. The Balaban J connectivity index is 1.67. The van der Waals surface area contributed by atoms with Crippen molar-refractivity contribution in [1.82, 2.24) is 0 Å². The first-order valence-electron chi connectivity index (χ1n) is 10.1. The summed E-state index contributed by atoms with van der Waals surface area (Å²) < 4.78 is 10.7. The molecule has 0 radical (unpaired) electrons. The summed E-state index contributed by atoms with van der Waals surface area (Å²) in [5.41, 5.74) is 2.50. The summed E-state index contributed by atoms with van der Waals surface area (Å²) in [6.07, 6.45) is 9.58. The highest BCUT2D eigenvalue weighted by molar-refractivity contribution is 6.43. The Morgan fingerprint density at radius 1 is 1.24 bits per heavy atom. The van der Waals surface area contributed by atoms with Gasteiger partial charge >= 0.3 is 11.9 Å². The lowest BCUT2D eigenvalue weighted by molar-refractivity contribution is -0.148. The molecule has 1 aromatic rings. The van der Waals surface area contributed by atoms with E-state index in [1.165, 1.54) is 5.56 Å². The average molecular weight is 441 g/mol. The van der Waals surface area contributed by atoms with Gasteiger partial charge in [-0.15, -0.1) is 0 Å². The zero-order valence-electron chi connectivity index (χ0n) is 16.5. The van der Waals surface area contributed by atoms with Crippen LogP contribution in [0.15, 0.2) is 18.2 Å². The lowest BCUT2D eigenvalue weighted by Crippen LogP contribution is -2.27. The van der Waals surface area contributed by atoms with Crippen molar-refractivity contribution >= 4 is 35.1 Å². The third kappa shape index (κ3) is 4.72. The normalized spacial score (nSPS) is 22.1. The van der Waals surface area contributed by atoms with E-state index in [1.54, 1.807) is 0 Å². The van der Waals surface area contributed by atoms with Crippen molar-refractivity contribution in [1.29, 1.82) is 0 Å². The van der Waals surface area contributed by atoms with Crippen LogP contribution in [0.5, 0.6) is 5.75 Å². The molecule has 1 unspecified atom stereocenters. The van der Waals surface area contributed by atoms with Gasteiger partial charge in [-0.1, -0.05) is 48.7 Å². The lowest BCUT2D eigenvalue weighted by Gasteiger charge is -2.37. The predicted molar refractivity (Wildman–Crippen MR) is 112 cm³/mol. The highest BCUT2D eigenvalue weighted by atomic mass is 35.5. The van der Waals surface area contributed by atoms with Crippen molar-refractivity contribution in [2.75, 3.05) is 13.2 Å². The van der Waals surface area contributed by atoms with Crippen LogP contribution in [-0.2, 0) is 20.7 Å². The molecule has 3 rings (SSSR count). The molecule has 5 nitrogen and oxygen atoms in total. The molecule has 7 heteroatoms. The fourth-order valence-corrected chi connectivity index (χ4v) is 5.20. The van der Waals surface area contributed by atoms with Crippen molar-refractivity contribution in [2.45, 2.75) is 57.8 Å². The molecule has 0 amide bonds. The average Bonchev–Trinajstić information content (AvgIpc) is 3.01. The summed E-state index contributed by atoms with van der Waals surface area (Å²) in [7, 11) is 0. The Kier molecular flexibility index (Phi) is 7.12. The lowest BCUT2D eigenvalue weighted by atomic mass is 9.67. The van der Waals surface area contributed by atoms with Crippen molar-refractivity contribution in [3.63, 3.8) is 0 Å². The second-order valence-electron chi connectivity index (χ2n) is 7.77. The smallest absolute Gasteiger partial charge is 0.306 e. The minimum absolute atomic E-state index is 0.0224. The summed E-state index contributed by atoms with van der Waals surface area (Å²) in [6, 6.07) is 1.97. The van der Waals surface area contributed by atoms with Crippen LogP contribution >= 0.6 is 23.2 Å². The van der Waals surface area contributed by atoms with Crippen molar-refractivity contribution < 1.29 is 24.2 Å². The molecule has 0 saturated heterocycles. The highest BCUT2D eigenvalue weighted by Gasteiger charge is 2.46. The second-order valence-corrected chi connectivity index (χ2v) is 8.53. The van der Waals surface area contributed by atoms with Crippen molar-refractivity contribution in [2.24, 2.45) is 5.41 Å². The zero-order chi connectivity index (χ0) is 21.0. The van der Waals surface area contributed by atoms with Gasteiger partial charge in [0.1, 0.15) is 24.0 Å². The minimum atomic E-state index is -1.03. The largest absolute Gasteiger partial charge is 0.488 e. The molecule has 2 aliphatic rings. The Morgan fingerprint density at radius 2 is 2.03 bits per heavy atom. The van der Waals surface area contributed by atoms with Crippen LogP contribution in [0.1, 0.15) is 62.5 Å². The van der Waals surface area contributed by atoms with Crippen LogP contribution in [0.25, 0.3) is 0 Å². The summed E-state index contributed by atoms with van der Waals surface area (Å²) in [5.74, 6) is -0.813. The maximum absolute atomic E-state index is 11.5. The monoisotopic (exact) mass is 440 g/mol. The Hall–Kier alpha value is -1.72. The topological polar surface area (TPSA) is 72.8 Å². The van der Waals surface area contributed by atoms with Gasteiger partial charge in [-0.05, 0) is 48.3 Å². The fourth-order valence-electron chi connectivity index (χ4n) is 4.65. The summed E-state index contributed by atoms with van der Waals surface area (Å²) in [6.45, 7) is 2.36. The first-order chi connectivity index (χ1) is 13.9. The van der Waals surface area contributed by atoms with E-state index < -0.39 is 11.9 Å². The standard InChI is InChI=1S/C22H26Cl2O5/c1-2-8-22-9-4-3-5-15(22)19-14(13-22)12-16(20(23)21(19)24)28-10-11-29-18(27)7-6-17(25)26/h3,5,12,15H,2,4,6-11,13H2,1H3,(H,25,26)/t15?,22-/m1/s1. The number of halogens is 2. The molecule has 0 aliphatic heterocycles. The Bertz CT molecular complexity index is 820. The Labute approximate surface area is 181 Å². The van der Waals surface area contributed by atoms with Gasteiger partial charge in [0.15, 0.2) is 0 Å². The van der Waals surface area contributed by atoms with E-state index in [0.29, 0.717) is 21.7 Å². The van der Waals surface area contributed by atoms with Gasteiger partial charge in [0.05, 0.1) is 17.9 Å². The van der Waals surface area contributed by atoms with Crippen LogP contribution in [0.3, 0.4) is 0 Å². The van der Waals surface area contributed by atoms with E-state index in [9.17, 15) is 9.59 Å². The van der Waals surface area contributed by atoms with Crippen LogP contribution < -0.4 is 4.74 Å². The number of fused-ring (bicyclic) bond motifs is 3. The van der Waals surface area contributed by atoms with Crippen molar-refractivity contribution in [3.8, 4) is 5.75 Å². The van der Waals surface area contributed by atoms with Crippen LogP contribution in [0.2, 0.25) is 10.0 Å². The van der Waals surface area contributed by atoms with Gasteiger partial charge in [-0.3, -0.25) is 9.59 Å². The van der Waals surface area contributed by atoms with Gasteiger partial charge in [0, 0.05) is 5.92 Å². The predicted octanol–water partition coefficient (Wildman–Crippen LogP) is 5.56. The van der Waals surface area contributed by atoms with E-state index in [-0.39, 0.29) is 31.5 Å². The van der Waals surface area contributed by atoms with E-state index >= 15 is 0 Å². The third-order valence-corrected chi connectivity index (χ3v) is 6.71. The van der Waals surface area contributed by atoms with Crippen LogP contribution in [0, 0.1) is 5.41 Å². The fraction of sp³-hybridized carbons (Fsp3) is 0.545. The molecular weight excluding hydrogens is 415 g/mol. The van der Waals surface area contributed by atoms with Crippen LogP contribution in [-0.4, -0.2) is 30.3 Å². The molecule has 0 aromatic heterocycles. The second kappa shape index (κ2) is 9.40. The third-order valence-electron chi connectivity index (χ3n) is 5.84. The Morgan fingerprint density at radius 3 is 2.76 bits per heavy atom. The molecule has 0 spiro atoms. The molecule has 1 aromatic carbocycles. The number of hydrogen-bond donors (Lipinski definition) is 1. The number of rotatable bonds is 9. The number of carbonyl (C=O) groups excluding carboxylic acids is 1. The number of ether oxygens (including phenoxy) is 2. The number of hydrogen-bond acceptors (Lipinski definition) is 4. The summed E-state index contributed by atoms with van der Waals surface area (Å²) in [4.78, 5) is 22.0. The number of aliphatic carboxylic acids is 1. The van der Waals surface area contributed by atoms with E-state index in [4.69, 9.17) is 37.8 Å². The van der Waals surface area contributed by atoms with Crippen LogP contribution in [0.4, 0.5) is 0 Å². The molecular formula is C22H26Cl2O5. The molecule has 0 heterocycles. The minimum Gasteiger partial charge on any atom is -0.488 e. The van der Waals surface area contributed by atoms with Crippen molar-refractivity contribution in [3.05, 3.63) is 39.4 Å². The summed E-state index contributed by atoms with van der Waals surface area (Å²) >= 11 is 13.2. The van der Waals surface area contributed by atoms with E-state index in [2.05, 4.69) is 19.1 Å². The van der Waals surface area contributed by atoms with Gasteiger partial charge < -0.3 is 14.6 Å². The number of carboxylic acids is 1. The molecule has 2 atom stereocenters. The first kappa shape index (κ1) is 22.0. The van der Waals surface area contributed by atoms with Gasteiger partial charge in [0.25, 0.3) is 0 Å². The van der Waals surface area contributed by atoms with Gasteiger partial charge in [-0.2, -0.15) is 0 Å². The quantitative estimate of drug-likeness (QED) is 0.309. The van der Waals surface area contributed by atoms with Gasteiger partial charge in [-0.25, -0.2) is 0 Å². The summed E-state index contributed by atoms with van der Waals surface area (Å²) in [5, 5.41) is 9.51. The SMILES string of the molecule is CCC[C@]12CCC=CC1c1c(cc(OCCOC(=O)CCC(=O)O)c(Cl)c1Cl)C2. The first-order valence-corrected chi connectivity index (χ1v) is 10.8. The maximum Gasteiger partial charge on any atom is 0.306 e. The molecule has 0 saturated carbocycles. The molecule has 2 aliphatic carbocycles. The van der Waals surface area contributed by atoms with E-state index in [1.807, 2.05) is 6.07 Å². The number of benzene rings is 1. The van der Waals surface area contributed by atoms with Gasteiger partial charge in [0.2, 0.25) is 0 Å². The zero-order valence-corrected chi connectivity index (χ0v) is 18.0. The molecule has 1 N–H and O–H groups in total. The molecule has 0 fully saturated rings. The number of carbonyl (C=O) groups is 2. The maximum atomic E-state index is 11.5. The number of esters is 1. The number of carboxylic acid groups (broad SMARTS) is 1. The highest BCUT2D eigenvalue weighted by Crippen LogP contribution is 2.59.